The molecule has 0 unspecified atom stereocenters. The lowest BCUT2D eigenvalue weighted by Crippen LogP contribution is -2.43. The molecule has 0 fully saturated rings. The monoisotopic (exact) mass is 147 g/mol. The molecule has 0 aromatic rings. The smallest absolute Gasteiger partial charge is 0.102 e. The van der Waals surface area contributed by atoms with E-state index in [4.69, 9.17) is 10.8 Å². The van der Waals surface area contributed by atoms with Gasteiger partial charge in [-0.3, -0.25) is 0 Å². The number of rotatable bonds is 5. The van der Waals surface area contributed by atoms with E-state index in [-0.39, 0.29) is 6.61 Å². The summed E-state index contributed by atoms with van der Waals surface area (Å²) in [5.74, 6) is 0. The number of aliphatic hydroxyl groups is 1. The molecule has 0 aliphatic carbocycles. The van der Waals surface area contributed by atoms with Crippen molar-refractivity contribution < 1.29 is 9.59 Å². The summed E-state index contributed by atoms with van der Waals surface area (Å²) in [5, 5.41) is 8.65. The van der Waals surface area contributed by atoms with E-state index >= 15 is 0 Å². The third-order valence-electron chi connectivity index (χ3n) is 1.67. The van der Waals surface area contributed by atoms with Gasteiger partial charge in [-0.25, -0.2) is 0 Å². The highest BCUT2D eigenvalue weighted by molar-refractivity contribution is 4.37. The number of aliphatic hydroxyl groups excluding tert-OH is 1. The molecule has 10 heavy (non-hydrogen) atoms. The van der Waals surface area contributed by atoms with Gasteiger partial charge in [0, 0.05) is 6.42 Å². The van der Waals surface area contributed by atoms with Crippen molar-refractivity contribution in [1.82, 2.24) is 0 Å². The Kier molecular flexibility index (Phi) is 4.60. The quantitative estimate of drug-likeness (QED) is 0.510. The molecule has 0 saturated heterocycles. The summed E-state index contributed by atoms with van der Waals surface area (Å²) in [4.78, 5) is 0. The minimum absolute atomic E-state index is 0.261. The summed E-state index contributed by atoms with van der Waals surface area (Å²) in [6.07, 6.45) is 1.03. The van der Waals surface area contributed by atoms with E-state index in [1.807, 2.05) is 0 Å². The van der Waals surface area contributed by atoms with Crippen LogP contribution in [-0.2, 0) is 0 Å². The highest BCUT2D eigenvalue weighted by atomic mass is 16.3. The zero-order valence-electron chi connectivity index (χ0n) is 7.01. The number of quaternary nitrogens is 1. The second-order valence-electron chi connectivity index (χ2n) is 3.25. The SMILES string of the molecule is C[N+](C)(CCO)CCCN. The molecule has 0 saturated carbocycles. The largest absolute Gasteiger partial charge is 0.391 e. The van der Waals surface area contributed by atoms with Crippen LogP contribution in [-0.4, -0.2) is 49.9 Å². The molecule has 0 radical (unpaired) electrons. The van der Waals surface area contributed by atoms with Crippen LogP contribution < -0.4 is 5.73 Å². The first-order chi connectivity index (χ1) is 4.62. The molecule has 0 aromatic carbocycles. The number of nitrogens with two attached hydrogens (primary N) is 1. The fourth-order valence-corrected chi connectivity index (χ4v) is 0.902. The molecule has 0 amide bonds. The Morgan fingerprint density at radius 3 is 2.30 bits per heavy atom. The molecule has 0 atom stereocenters. The Bertz CT molecular complexity index is 83.7. The van der Waals surface area contributed by atoms with Gasteiger partial charge >= 0.3 is 0 Å². The minimum Gasteiger partial charge on any atom is -0.391 e. The summed E-state index contributed by atoms with van der Waals surface area (Å²) < 4.78 is 0.869. The van der Waals surface area contributed by atoms with E-state index in [9.17, 15) is 0 Å². The summed E-state index contributed by atoms with van der Waals surface area (Å²) >= 11 is 0. The molecule has 0 heterocycles. The van der Waals surface area contributed by atoms with Crippen LogP contribution in [0.15, 0.2) is 0 Å². The van der Waals surface area contributed by atoms with Crippen molar-refractivity contribution in [2.75, 3.05) is 40.3 Å². The van der Waals surface area contributed by atoms with Crippen molar-refractivity contribution >= 4 is 0 Å². The van der Waals surface area contributed by atoms with Gasteiger partial charge in [-0.05, 0) is 6.54 Å². The van der Waals surface area contributed by atoms with Crippen molar-refractivity contribution in [3.63, 3.8) is 0 Å². The average Bonchev–Trinajstić information content (AvgIpc) is 1.84. The number of likely N-dealkylation sites (N-methyl/N-ethyl adjacent to an activating group) is 1. The maximum atomic E-state index is 8.65. The molecule has 0 aromatic heterocycles. The van der Waals surface area contributed by atoms with E-state index in [1.54, 1.807) is 0 Å². The van der Waals surface area contributed by atoms with E-state index in [0.29, 0.717) is 0 Å². The molecule has 3 nitrogen and oxygen atoms in total. The molecular formula is C7H19N2O+. The second-order valence-corrected chi connectivity index (χ2v) is 3.25. The van der Waals surface area contributed by atoms with Gasteiger partial charge in [-0.15, -0.1) is 0 Å². The average molecular weight is 147 g/mol. The minimum atomic E-state index is 0.261. The molecule has 0 spiro atoms. The molecule has 3 N–H and O–H groups in total. The standard InChI is InChI=1S/C7H19N2O/c1-9(2,6-7-10)5-3-4-8/h10H,3-8H2,1-2H3/q+1. The van der Waals surface area contributed by atoms with Gasteiger partial charge in [0.1, 0.15) is 6.54 Å². The highest BCUT2D eigenvalue weighted by Crippen LogP contribution is 1.96. The number of nitrogens with zero attached hydrogens (tertiary/aromatic N) is 1. The zero-order chi connectivity index (χ0) is 8.04. The van der Waals surface area contributed by atoms with Gasteiger partial charge < -0.3 is 15.3 Å². The van der Waals surface area contributed by atoms with Crippen LogP contribution in [0, 0.1) is 0 Å². The first kappa shape index (κ1) is 9.88. The third-order valence-corrected chi connectivity index (χ3v) is 1.67. The highest BCUT2D eigenvalue weighted by Gasteiger charge is 2.11. The van der Waals surface area contributed by atoms with Crippen molar-refractivity contribution in [1.29, 1.82) is 0 Å². The first-order valence-electron chi connectivity index (χ1n) is 3.75. The fraction of sp³-hybridized carbons (Fsp3) is 1.00. The molecule has 3 heteroatoms. The van der Waals surface area contributed by atoms with Gasteiger partial charge in [0.05, 0.1) is 27.2 Å². The molecule has 62 valence electrons. The van der Waals surface area contributed by atoms with Gasteiger partial charge in [-0.2, -0.15) is 0 Å². The first-order valence-corrected chi connectivity index (χ1v) is 3.75. The summed E-state index contributed by atoms with van der Waals surface area (Å²) in [7, 11) is 4.21. The number of hydrogen-bond acceptors (Lipinski definition) is 2. The second kappa shape index (κ2) is 4.66. The van der Waals surface area contributed by atoms with E-state index in [0.717, 1.165) is 30.5 Å². The van der Waals surface area contributed by atoms with Crippen LogP contribution in [0.25, 0.3) is 0 Å². The Morgan fingerprint density at radius 2 is 1.90 bits per heavy atom. The molecular weight excluding hydrogens is 128 g/mol. The van der Waals surface area contributed by atoms with Crippen LogP contribution in [0.1, 0.15) is 6.42 Å². The molecule has 0 aliphatic rings. The molecule has 0 aliphatic heterocycles. The summed E-state index contributed by atoms with van der Waals surface area (Å²) in [6, 6.07) is 0. The normalized spacial score (nSPS) is 12.0. The van der Waals surface area contributed by atoms with E-state index < -0.39 is 0 Å². The lowest BCUT2D eigenvalue weighted by Gasteiger charge is -2.28. The van der Waals surface area contributed by atoms with Crippen molar-refractivity contribution in [3.8, 4) is 0 Å². The van der Waals surface area contributed by atoms with Crippen molar-refractivity contribution in [3.05, 3.63) is 0 Å². The van der Waals surface area contributed by atoms with Crippen LogP contribution in [0.3, 0.4) is 0 Å². The summed E-state index contributed by atoms with van der Waals surface area (Å²) in [6.45, 7) is 2.88. The third kappa shape index (κ3) is 4.73. The van der Waals surface area contributed by atoms with E-state index in [1.165, 1.54) is 0 Å². The van der Waals surface area contributed by atoms with Gasteiger partial charge in [0.25, 0.3) is 0 Å². The van der Waals surface area contributed by atoms with Gasteiger partial charge in [0.2, 0.25) is 0 Å². The molecule has 0 rings (SSSR count). The van der Waals surface area contributed by atoms with Crippen LogP contribution in [0.5, 0.6) is 0 Å². The Hall–Kier alpha value is -0.120. The maximum absolute atomic E-state index is 8.65. The Morgan fingerprint density at radius 1 is 1.30 bits per heavy atom. The van der Waals surface area contributed by atoms with E-state index in [2.05, 4.69) is 14.1 Å². The van der Waals surface area contributed by atoms with Crippen molar-refractivity contribution in [2.45, 2.75) is 6.42 Å². The molecule has 0 bridgehead atoms. The van der Waals surface area contributed by atoms with Crippen LogP contribution in [0.2, 0.25) is 0 Å². The Labute approximate surface area is 63.0 Å². The van der Waals surface area contributed by atoms with Crippen molar-refractivity contribution in [2.24, 2.45) is 5.73 Å². The predicted octanol–water partition coefficient (Wildman–Crippen LogP) is -0.596. The zero-order valence-corrected chi connectivity index (χ0v) is 7.01. The topological polar surface area (TPSA) is 46.2 Å². The lowest BCUT2D eigenvalue weighted by atomic mass is 10.3. The van der Waals surface area contributed by atoms with Crippen LogP contribution >= 0.6 is 0 Å². The number of hydrogen-bond donors (Lipinski definition) is 2. The van der Waals surface area contributed by atoms with Gasteiger partial charge in [0.15, 0.2) is 0 Å². The fourth-order valence-electron chi connectivity index (χ4n) is 0.902. The van der Waals surface area contributed by atoms with Crippen LogP contribution in [0.4, 0.5) is 0 Å². The lowest BCUT2D eigenvalue weighted by molar-refractivity contribution is -0.890. The Balaban J connectivity index is 3.42. The summed E-state index contributed by atoms with van der Waals surface area (Å²) in [5.41, 5.74) is 5.36. The van der Waals surface area contributed by atoms with Gasteiger partial charge in [-0.1, -0.05) is 0 Å². The predicted molar refractivity (Wildman–Crippen MR) is 42.6 cm³/mol. The maximum Gasteiger partial charge on any atom is 0.102 e.